The first kappa shape index (κ1) is 17.5. The van der Waals surface area contributed by atoms with Gasteiger partial charge in [0.25, 0.3) is 0 Å². The van der Waals surface area contributed by atoms with Crippen molar-refractivity contribution in [2.45, 2.75) is 61.4 Å². The van der Waals surface area contributed by atoms with E-state index < -0.39 is 35.7 Å². The summed E-state index contributed by atoms with van der Waals surface area (Å²) >= 11 is 6.10. The molecule has 3 heterocycles. The minimum absolute atomic E-state index is 0.0192. The van der Waals surface area contributed by atoms with Crippen LogP contribution in [-0.2, 0) is 4.74 Å². The second-order valence-corrected chi connectivity index (χ2v) is 8.00. The van der Waals surface area contributed by atoms with Gasteiger partial charge in [0.2, 0.25) is 5.28 Å². The van der Waals surface area contributed by atoms with E-state index in [1.807, 2.05) is 0 Å². The van der Waals surface area contributed by atoms with Crippen molar-refractivity contribution in [1.82, 2.24) is 19.5 Å². The molecule has 3 fully saturated rings. The van der Waals surface area contributed by atoms with Gasteiger partial charge in [-0.05, 0) is 24.4 Å². The summed E-state index contributed by atoms with van der Waals surface area (Å²) in [4.78, 5) is 12.8. The highest BCUT2D eigenvalue weighted by atomic mass is 35.5. The Kier molecular flexibility index (Phi) is 3.72. The number of aliphatic hydroxyl groups excluding tert-OH is 3. The Hall–Kier alpha value is -1.56. The van der Waals surface area contributed by atoms with Gasteiger partial charge in [0.1, 0.15) is 18.3 Å². The minimum Gasteiger partial charge on any atom is -0.394 e. The maximum absolute atomic E-state index is 10.4. The van der Waals surface area contributed by atoms with E-state index in [0.717, 1.165) is 25.7 Å². The Morgan fingerprint density at radius 3 is 2.63 bits per heavy atom. The SMILES string of the molecule is OCC1(Nc2nc(Cl)nc3c2ncn3[C@@H]2O[C@@H]3C(O)[C@]3(O)[C@H]2O)CCCC1. The Labute approximate surface area is 158 Å². The van der Waals surface area contributed by atoms with Gasteiger partial charge in [0, 0.05) is 0 Å². The second-order valence-electron chi connectivity index (χ2n) is 7.66. The molecule has 5 N–H and O–H groups in total. The molecule has 2 aromatic heterocycles. The first-order valence-electron chi connectivity index (χ1n) is 8.93. The van der Waals surface area contributed by atoms with Crippen LogP contribution in [0.15, 0.2) is 6.33 Å². The second kappa shape index (κ2) is 5.72. The van der Waals surface area contributed by atoms with Crippen molar-refractivity contribution >= 4 is 28.6 Å². The van der Waals surface area contributed by atoms with Crippen LogP contribution in [-0.4, -0.2) is 76.0 Å². The highest BCUT2D eigenvalue weighted by Crippen LogP contribution is 2.53. The summed E-state index contributed by atoms with van der Waals surface area (Å²) in [6.07, 6.45) is 0.818. The van der Waals surface area contributed by atoms with Crippen LogP contribution in [0.5, 0.6) is 0 Å². The van der Waals surface area contributed by atoms with E-state index in [1.165, 1.54) is 10.9 Å². The summed E-state index contributed by atoms with van der Waals surface area (Å²) in [5.74, 6) is 0.399. The van der Waals surface area contributed by atoms with Crippen LogP contribution >= 0.6 is 11.6 Å². The molecule has 5 atom stereocenters. The van der Waals surface area contributed by atoms with Crippen molar-refractivity contribution in [3.05, 3.63) is 11.6 Å². The zero-order valence-corrected chi connectivity index (χ0v) is 15.0. The molecule has 1 aliphatic heterocycles. The third kappa shape index (κ3) is 2.35. The topological polar surface area (TPSA) is 146 Å². The molecule has 0 bridgehead atoms. The lowest BCUT2D eigenvalue weighted by molar-refractivity contribution is -0.0942. The van der Waals surface area contributed by atoms with Crippen molar-refractivity contribution in [1.29, 1.82) is 0 Å². The highest BCUT2D eigenvalue weighted by molar-refractivity contribution is 6.28. The van der Waals surface area contributed by atoms with E-state index in [-0.39, 0.29) is 11.9 Å². The van der Waals surface area contributed by atoms with Crippen molar-refractivity contribution in [3.63, 3.8) is 0 Å². The number of nitrogens with zero attached hydrogens (tertiary/aromatic N) is 4. The predicted octanol–water partition coefficient (Wildman–Crippen LogP) is -0.439. The number of rotatable bonds is 4. The fraction of sp³-hybridized carbons (Fsp3) is 0.688. The number of aliphatic hydroxyl groups is 4. The summed E-state index contributed by atoms with van der Waals surface area (Å²) in [5.41, 5.74) is -1.40. The first-order valence-corrected chi connectivity index (χ1v) is 9.30. The van der Waals surface area contributed by atoms with Crippen LogP contribution in [0.1, 0.15) is 31.9 Å². The molecule has 27 heavy (non-hydrogen) atoms. The maximum Gasteiger partial charge on any atom is 0.226 e. The molecular formula is C16H20ClN5O5. The van der Waals surface area contributed by atoms with E-state index in [9.17, 15) is 20.4 Å². The van der Waals surface area contributed by atoms with Crippen LogP contribution in [0.3, 0.4) is 0 Å². The number of imidazole rings is 1. The Balaban J connectivity index is 1.53. The number of anilines is 1. The third-order valence-electron chi connectivity index (χ3n) is 6.05. The fourth-order valence-corrected chi connectivity index (χ4v) is 4.50. The van der Waals surface area contributed by atoms with Crippen molar-refractivity contribution in [2.75, 3.05) is 11.9 Å². The van der Waals surface area contributed by atoms with Gasteiger partial charge in [-0.1, -0.05) is 12.8 Å². The molecule has 0 spiro atoms. The van der Waals surface area contributed by atoms with E-state index in [0.29, 0.717) is 17.0 Å². The largest absolute Gasteiger partial charge is 0.394 e. The average molecular weight is 398 g/mol. The number of hydrogen-bond donors (Lipinski definition) is 5. The van der Waals surface area contributed by atoms with Crippen molar-refractivity contribution in [3.8, 4) is 0 Å². The van der Waals surface area contributed by atoms with Gasteiger partial charge in [-0.25, -0.2) is 4.98 Å². The van der Waals surface area contributed by atoms with Crippen LogP contribution in [0.25, 0.3) is 11.2 Å². The lowest BCUT2D eigenvalue weighted by atomic mass is 9.99. The average Bonchev–Trinajstić information content (AvgIpc) is 3.12. The molecule has 1 saturated heterocycles. The number of hydrogen-bond acceptors (Lipinski definition) is 9. The number of ether oxygens (including phenoxy) is 1. The highest BCUT2D eigenvalue weighted by Gasteiger charge is 2.76. The first-order chi connectivity index (χ1) is 12.9. The molecule has 2 aromatic rings. The van der Waals surface area contributed by atoms with Crippen LogP contribution in [0, 0.1) is 0 Å². The summed E-state index contributed by atoms with van der Waals surface area (Å²) < 4.78 is 7.05. The van der Waals surface area contributed by atoms with Gasteiger partial charge >= 0.3 is 0 Å². The normalized spacial score (nSPS) is 36.9. The minimum atomic E-state index is -1.68. The van der Waals surface area contributed by atoms with E-state index >= 15 is 0 Å². The van der Waals surface area contributed by atoms with Gasteiger partial charge in [-0.15, -0.1) is 0 Å². The molecule has 0 amide bonds. The Bertz CT molecular complexity index is 903. The molecule has 146 valence electrons. The van der Waals surface area contributed by atoms with Gasteiger partial charge in [0.15, 0.2) is 28.8 Å². The summed E-state index contributed by atoms with van der Waals surface area (Å²) in [7, 11) is 0. The van der Waals surface area contributed by atoms with Gasteiger partial charge < -0.3 is 30.5 Å². The zero-order chi connectivity index (χ0) is 19.0. The summed E-state index contributed by atoms with van der Waals surface area (Å²) in [6.45, 7) is -0.0339. The molecule has 2 aliphatic carbocycles. The van der Waals surface area contributed by atoms with Gasteiger partial charge in [-0.3, -0.25) is 4.57 Å². The van der Waals surface area contributed by atoms with E-state index in [2.05, 4.69) is 20.3 Å². The van der Waals surface area contributed by atoms with Crippen LogP contribution < -0.4 is 5.32 Å². The van der Waals surface area contributed by atoms with E-state index in [4.69, 9.17) is 16.3 Å². The number of aromatic nitrogens is 4. The quantitative estimate of drug-likeness (QED) is 0.433. The molecular weight excluding hydrogens is 378 g/mol. The number of halogens is 1. The molecule has 10 nitrogen and oxygen atoms in total. The molecule has 11 heteroatoms. The molecule has 0 aromatic carbocycles. The van der Waals surface area contributed by atoms with Gasteiger partial charge in [-0.2, -0.15) is 9.97 Å². The molecule has 1 unspecified atom stereocenters. The van der Waals surface area contributed by atoms with E-state index in [1.54, 1.807) is 0 Å². The number of nitrogens with one attached hydrogen (secondary N) is 1. The van der Waals surface area contributed by atoms with Gasteiger partial charge in [0.05, 0.1) is 18.5 Å². The number of fused-ring (bicyclic) bond motifs is 2. The predicted molar refractivity (Wildman–Crippen MR) is 93.1 cm³/mol. The summed E-state index contributed by atoms with van der Waals surface area (Å²) in [5, 5.41) is 43.4. The molecule has 0 radical (unpaired) electrons. The van der Waals surface area contributed by atoms with Crippen LogP contribution in [0.4, 0.5) is 5.82 Å². The van der Waals surface area contributed by atoms with Crippen LogP contribution in [0.2, 0.25) is 5.28 Å². The third-order valence-corrected chi connectivity index (χ3v) is 6.22. The monoisotopic (exact) mass is 397 g/mol. The lowest BCUT2D eigenvalue weighted by Crippen LogP contribution is -2.39. The lowest BCUT2D eigenvalue weighted by Gasteiger charge is -2.28. The molecule has 2 saturated carbocycles. The molecule has 5 rings (SSSR count). The van der Waals surface area contributed by atoms with Crippen molar-refractivity contribution in [2.24, 2.45) is 0 Å². The summed E-state index contributed by atoms with van der Waals surface area (Å²) in [6, 6.07) is 0. The smallest absolute Gasteiger partial charge is 0.226 e. The Morgan fingerprint density at radius 2 is 2.00 bits per heavy atom. The maximum atomic E-state index is 10.4. The molecule has 3 aliphatic rings. The Morgan fingerprint density at radius 1 is 1.26 bits per heavy atom. The standard InChI is InChI=1S/C16H20ClN5O5/c17-14-19-11(21-15(5-23)3-1-2-4-15)7-12(20-14)22(6-18-7)13-9(25)16(26)8(24)10(16)27-13/h6,8-10,13,23-26H,1-5H2,(H,19,20,21)/t8?,9-,10+,13+,16-/m0/s1. The fourth-order valence-electron chi connectivity index (χ4n) is 4.33. The zero-order valence-electron chi connectivity index (χ0n) is 14.3. The van der Waals surface area contributed by atoms with Crippen molar-refractivity contribution < 1.29 is 25.2 Å².